The molecule has 0 saturated carbocycles. The third-order valence-corrected chi connectivity index (χ3v) is 6.21. The molecule has 128 valence electrons. The van der Waals surface area contributed by atoms with Crippen LogP contribution in [-0.2, 0) is 10.0 Å². The third-order valence-electron chi connectivity index (χ3n) is 4.30. The van der Waals surface area contributed by atoms with Gasteiger partial charge in [0.05, 0.1) is 16.6 Å². The van der Waals surface area contributed by atoms with Crippen molar-refractivity contribution in [2.24, 2.45) is 0 Å². The Hall–Kier alpha value is -2.59. The summed E-state index contributed by atoms with van der Waals surface area (Å²) in [6, 6.07) is 25.4. The quantitative estimate of drug-likeness (QED) is 0.652. The first kappa shape index (κ1) is 17.2. The van der Waals surface area contributed by atoms with Gasteiger partial charge in [0.2, 0.25) is 0 Å². The smallest absolute Gasteiger partial charge is 0.259 e. The van der Waals surface area contributed by atoms with Crippen molar-refractivity contribution in [2.75, 3.05) is 4.31 Å². The van der Waals surface area contributed by atoms with Crippen LogP contribution < -0.4 is 4.31 Å². The van der Waals surface area contributed by atoms with Gasteiger partial charge >= 0.3 is 0 Å². The topological polar surface area (TPSA) is 37.4 Å². The van der Waals surface area contributed by atoms with Crippen LogP contribution in [0, 0.1) is 6.92 Å². The van der Waals surface area contributed by atoms with E-state index < -0.39 is 10.0 Å². The highest BCUT2D eigenvalue weighted by molar-refractivity contribution is 7.92. The molecule has 3 aromatic carbocycles. The number of hydrogen-bond donors (Lipinski definition) is 0. The average molecular weight is 351 g/mol. The van der Waals surface area contributed by atoms with Crippen LogP contribution in [0.15, 0.2) is 89.8 Å². The second-order valence-corrected chi connectivity index (χ2v) is 7.80. The molecule has 4 heteroatoms. The van der Waals surface area contributed by atoms with Gasteiger partial charge in [0.15, 0.2) is 0 Å². The fourth-order valence-electron chi connectivity index (χ4n) is 3.03. The van der Waals surface area contributed by atoms with Gasteiger partial charge in [-0.2, -0.15) is 0 Å². The van der Waals surface area contributed by atoms with E-state index in [0.29, 0.717) is 10.6 Å². The molecule has 0 radical (unpaired) electrons. The summed E-state index contributed by atoms with van der Waals surface area (Å²) in [6.07, 6.45) is 0. The summed E-state index contributed by atoms with van der Waals surface area (Å²) >= 11 is 0. The first-order valence-corrected chi connectivity index (χ1v) is 9.66. The van der Waals surface area contributed by atoms with Gasteiger partial charge in [0, 0.05) is 0 Å². The molecule has 3 rings (SSSR count). The van der Waals surface area contributed by atoms with Crippen molar-refractivity contribution in [3.8, 4) is 0 Å². The third kappa shape index (κ3) is 3.44. The fraction of sp³-hybridized carbons (Fsp3) is 0.143. The zero-order valence-corrected chi connectivity index (χ0v) is 15.1. The Kier molecular flexibility index (Phi) is 4.91. The van der Waals surface area contributed by atoms with Crippen molar-refractivity contribution >= 4 is 15.7 Å². The van der Waals surface area contributed by atoms with E-state index in [1.807, 2.05) is 74.5 Å². The van der Waals surface area contributed by atoms with Crippen molar-refractivity contribution in [1.82, 2.24) is 0 Å². The number of para-hydroxylation sites is 1. The molecule has 0 aliphatic rings. The average Bonchev–Trinajstić information content (AvgIpc) is 2.63. The first-order chi connectivity index (χ1) is 12.0. The number of aryl methyl sites for hydroxylation is 1. The molecule has 1 unspecified atom stereocenters. The standard InChI is InChI=1S/C21H21NO2S/c1-17-11-9-10-16-21(17)18(2)22(19-12-5-3-6-13-19)25(23,24)20-14-7-4-8-15-20/h3-16,18H,1-2H3. The predicted molar refractivity (Wildman–Crippen MR) is 102 cm³/mol. The van der Waals surface area contributed by atoms with E-state index in [-0.39, 0.29) is 6.04 Å². The zero-order valence-electron chi connectivity index (χ0n) is 14.3. The molecule has 0 aliphatic heterocycles. The summed E-state index contributed by atoms with van der Waals surface area (Å²) in [4.78, 5) is 0.291. The predicted octanol–water partition coefficient (Wildman–Crippen LogP) is 4.95. The van der Waals surface area contributed by atoms with Crippen LogP contribution in [0.4, 0.5) is 5.69 Å². The molecule has 0 fully saturated rings. The number of benzene rings is 3. The van der Waals surface area contributed by atoms with Crippen molar-refractivity contribution in [1.29, 1.82) is 0 Å². The lowest BCUT2D eigenvalue weighted by atomic mass is 10.0. The van der Waals surface area contributed by atoms with Crippen molar-refractivity contribution in [3.05, 3.63) is 96.1 Å². The Bertz CT molecular complexity index is 938. The Morgan fingerprint density at radius 1 is 0.760 bits per heavy atom. The molecular formula is C21H21NO2S. The van der Waals surface area contributed by atoms with E-state index >= 15 is 0 Å². The SMILES string of the molecule is Cc1ccccc1C(C)N(c1ccccc1)S(=O)(=O)c1ccccc1. The molecule has 0 aromatic heterocycles. The summed E-state index contributed by atoms with van der Waals surface area (Å²) < 4.78 is 28.3. The minimum atomic E-state index is -3.68. The lowest BCUT2D eigenvalue weighted by molar-refractivity contribution is 0.582. The molecule has 0 saturated heterocycles. The van der Waals surface area contributed by atoms with E-state index in [0.717, 1.165) is 11.1 Å². The Labute approximate surface area is 149 Å². The van der Waals surface area contributed by atoms with Gasteiger partial charge < -0.3 is 0 Å². The van der Waals surface area contributed by atoms with Gasteiger partial charge in [0.25, 0.3) is 10.0 Å². The minimum Gasteiger partial charge on any atom is -0.259 e. The molecule has 1 atom stereocenters. The van der Waals surface area contributed by atoms with E-state index in [9.17, 15) is 8.42 Å². The minimum absolute atomic E-state index is 0.291. The fourth-order valence-corrected chi connectivity index (χ4v) is 4.69. The lowest BCUT2D eigenvalue weighted by Crippen LogP contribution is -2.34. The van der Waals surface area contributed by atoms with Gasteiger partial charge in [-0.25, -0.2) is 8.42 Å². The second-order valence-electron chi connectivity index (χ2n) is 5.98. The van der Waals surface area contributed by atoms with Crippen LogP contribution in [0.5, 0.6) is 0 Å². The maximum atomic E-state index is 13.4. The number of nitrogens with zero attached hydrogens (tertiary/aromatic N) is 1. The van der Waals surface area contributed by atoms with Gasteiger partial charge in [-0.15, -0.1) is 0 Å². The summed E-state index contributed by atoms with van der Waals surface area (Å²) in [7, 11) is -3.68. The van der Waals surface area contributed by atoms with E-state index in [1.54, 1.807) is 24.3 Å². The largest absolute Gasteiger partial charge is 0.264 e. The molecule has 3 aromatic rings. The van der Waals surface area contributed by atoms with Crippen molar-refractivity contribution < 1.29 is 8.42 Å². The van der Waals surface area contributed by atoms with Gasteiger partial charge in [-0.1, -0.05) is 60.7 Å². The Balaban J connectivity index is 2.16. The van der Waals surface area contributed by atoms with Crippen LogP contribution in [0.1, 0.15) is 24.1 Å². The molecule has 0 amide bonds. The highest BCUT2D eigenvalue weighted by Gasteiger charge is 2.30. The summed E-state index contributed by atoms with van der Waals surface area (Å²) in [5, 5.41) is 0. The lowest BCUT2D eigenvalue weighted by Gasteiger charge is -2.31. The Morgan fingerprint density at radius 2 is 1.28 bits per heavy atom. The zero-order chi connectivity index (χ0) is 17.9. The van der Waals surface area contributed by atoms with Crippen LogP contribution in [0.2, 0.25) is 0 Å². The van der Waals surface area contributed by atoms with Crippen LogP contribution in [0.3, 0.4) is 0 Å². The maximum absolute atomic E-state index is 13.4. The number of anilines is 1. The summed E-state index contributed by atoms with van der Waals surface area (Å²) in [6.45, 7) is 3.93. The maximum Gasteiger partial charge on any atom is 0.264 e. The molecule has 0 spiro atoms. The van der Waals surface area contributed by atoms with Crippen molar-refractivity contribution in [2.45, 2.75) is 24.8 Å². The molecule has 0 N–H and O–H groups in total. The van der Waals surface area contributed by atoms with E-state index in [1.165, 1.54) is 4.31 Å². The molecule has 0 heterocycles. The molecule has 3 nitrogen and oxygen atoms in total. The van der Waals surface area contributed by atoms with Gasteiger partial charge in [-0.05, 0) is 49.2 Å². The monoisotopic (exact) mass is 351 g/mol. The molecule has 25 heavy (non-hydrogen) atoms. The first-order valence-electron chi connectivity index (χ1n) is 8.22. The van der Waals surface area contributed by atoms with Crippen molar-refractivity contribution in [3.63, 3.8) is 0 Å². The second kappa shape index (κ2) is 7.11. The highest BCUT2D eigenvalue weighted by Crippen LogP contribution is 2.34. The number of hydrogen-bond acceptors (Lipinski definition) is 2. The summed E-state index contributed by atoms with van der Waals surface area (Å²) in [5.74, 6) is 0. The molecular weight excluding hydrogens is 330 g/mol. The molecule has 0 aliphatic carbocycles. The summed E-state index contributed by atoms with van der Waals surface area (Å²) in [5.41, 5.74) is 2.71. The van der Waals surface area contributed by atoms with Crippen LogP contribution in [-0.4, -0.2) is 8.42 Å². The Morgan fingerprint density at radius 3 is 1.88 bits per heavy atom. The van der Waals surface area contributed by atoms with E-state index in [2.05, 4.69) is 0 Å². The van der Waals surface area contributed by atoms with Gasteiger partial charge in [0.1, 0.15) is 0 Å². The normalized spacial score (nSPS) is 12.6. The number of rotatable bonds is 5. The van der Waals surface area contributed by atoms with E-state index in [4.69, 9.17) is 0 Å². The van der Waals surface area contributed by atoms with Crippen LogP contribution >= 0.6 is 0 Å². The van der Waals surface area contributed by atoms with Gasteiger partial charge in [-0.3, -0.25) is 4.31 Å². The molecule has 0 bridgehead atoms. The highest BCUT2D eigenvalue weighted by atomic mass is 32.2. The van der Waals surface area contributed by atoms with Crippen LogP contribution in [0.25, 0.3) is 0 Å². The number of sulfonamides is 1.